The molecule has 0 bridgehead atoms. The number of aromatic nitrogens is 4. The van der Waals surface area contributed by atoms with Crippen LogP contribution < -0.4 is 20.5 Å². The lowest BCUT2D eigenvalue weighted by molar-refractivity contribution is -0.117. The van der Waals surface area contributed by atoms with Crippen molar-refractivity contribution in [3.8, 4) is 22.6 Å². The van der Waals surface area contributed by atoms with E-state index in [2.05, 4.69) is 15.4 Å². The molecule has 0 aliphatic heterocycles. The van der Waals surface area contributed by atoms with Gasteiger partial charge in [-0.2, -0.15) is 0 Å². The fourth-order valence-electron chi connectivity index (χ4n) is 3.76. The number of hydrogen-bond donors (Lipinski definition) is 1. The largest absolute Gasteiger partial charge is 0.497 e. The Morgan fingerprint density at radius 3 is 2.65 bits per heavy atom. The Bertz CT molecular complexity index is 1580. The van der Waals surface area contributed by atoms with Gasteiger partial charge >= 0.3 is 5.69 Å². The number of benzene rings is 2. The summed E-state index contributed by atoms with van der Waals surface area (Å²) in [5, 5.41) is 9.23. The molecule has 0 aliphatic carbocycles. The first kappa shape index (κ1) is 21.7. The number of nitrogens with one attached hydrogen (secondary N) is 1. The normalized spacial score (nSPS) is 11.1. The minimum Gasteiger partial charge on any atom is -0.497 e. The molecule has 0 spiro atoms. The number of nitrogens with zero attached hydrogens (tertiary/aromatic N) is 4. The van der Waals surface area contributed by atoms with E-state index < -0.39 is 5.69 Å². The molecule has 0 atom stereocenters. The van der Waals surface area contributed by atoms with E-state index in [0.717, 1.165) is 37.3 Å². The number of carbonyl (C=O) groups is 1. The number of methoxy groups -OCH3 is 2. The first-order chi connectivity index (χ1) is 16.5. The van der Waals surface area contributed by atoms with Crippen LogP contribution in [0.2, 0.25) is 0 Å². The maximum absolute atomic E-state index is 12.9. The number of ether oxygens (including phenoxy) is 2. The number of anilines is 1. The Morgan fingerprint density at radius 1 is 1.12 bits per heavy atom. The molecule has 0 radical (unpaired) electrons. The molecule has 1 N–H and O–H groups in total. The van der Waals surface area contributed by atoms with Crippen molar-refractivity contribution in [1.82, 2.24) is 19.2 Å². The quantitative estimate of drug-likeness (QED) is 0.402. The van der Waals surface area contributed by atoms with Crippen LogP contribution in [0.25, 0.3) is 27.0 Å². The maximum atomic E-state index is 12.9. The fraction of sp³-hybridized carbons (Fsp3) is 0.167. The number of thiophene rings is 1. The summed E-state index contributed by atoms with van der Waals surface area (Å²) in [6.07, 6.45) is 1.45. The molecular formula is C24H21N5O4S. The molecule has 5 aromatic rings. The molecular weight excluding hydrogens is 454 g/mol. The molecule has 0 fully saturated rings. The summed E-state index contributed by atoms with van der Waals surface area (Å²) in [5.41, 5.74) is 4.20. The lowest BCUT2D eigenvalue weighted by atomic mass is 10.1. The smallest absolute Gasteiger partial charge is 0.352 e. The van der Waals surface area contributed by atoms with Crippen LogP contribution in [0.4, 0.5) is 5.69 Å². The lowest BCUT2D eigenvalue weighted by Crippen LogP contribution is -2.28. The third-order valence-corrected chi connectivity index (χ3v) is 6.43. The summed E-state index contributed by atoms with van der Waals surface area (Å²) < 4.78 is 13.8. The number of fused-ring (bicyclic) bond motifs is 3. The summed E-state index contributed by atoms with van der Waals surface area (Å²) in [7, 11) is 3.16. The monoisotopic (exact) mass is 475 g/mol. The van der Waals surface area contributed by atoms with Gasteiger partial charge in [0, 0.05) is 10.9 Å². The van der Waals surface area contributed by atoms with Crippen molar-refractivity contribution >= 4 is 38.8 Å². The molecule has 3 heterocycles. The van der Waals surface area contributed by atoms with Gasteiger partial charge in [-0.1, -0.05) is 18.2 Å². The average Bonchev–Trinajstić information content (AvgIpc) is 3.41. The number of hydrogen-bond acceptors (Lipinski definition) is 7. The van der Waals surface area contributed by atoms with Gasteiger partial charge in [0.15, 0.2) is 5.65 Å². The molecule has 5 rings (SSSR count). The Morgan fingerprint density at radius 2 is 1.91 bits per heavy atom. The Hall–Kier alpha value is -4.18. The predicted octanol–water partition coefficient (Wildman–Crippen LogP) is 3.74. The minimum absolute atomic E-state index is 0.240. The molecule has 0 aliphatic rings. The highest BCUT2D eigenvalue weighted by molar-refractivity contribution is 7.18. The molecule has 2 aromatic carbocycles. The Balaban J connectivity index is 1.47. The minimum atomic E-state index is -0.435. The summed E-state index contributed by atoms with van der Waals surface area (Å²) in [4.78, 5) is 30.1. The van der Waals surface area contributed by atoms with Gasteiger partial charge in [-0.15, -0.1) is 16.4 Å². The summed E-state index contributed by atoms with van der Waals surface area (Å²) in [6.45, 7) is 1.68. The third kappa shape index (κ3) is 3.77. The van der Waals surface area contributed by atoms with Crippen LogP contribution in [-0.2, 0) is 11.3 Å². The molecule has 9 nitrogen and oxygen atoms in total. The van der Waals surface area contributed by atoms with Gasteiger partial charge in [-0.25, -0.2) is 18.9 Å². The second kappa shape index (κ2) is 8.64. The van der Waals surface area contributed by atoms with Crippen molar-refractivity contribution in [2.45, 2.75) is 13.5 Å². The van der Waals surface area contributed by atoms with Gasteiger partial charge < -0.3 is 14.8 Å². The second-order valence-corrected chi connectivity index (χ2v) is 8.57. The van der Waals surface area contributed by atoms with Crippen molar-refractivity contribution < 1.29 is 14.3 Å². The van der Waals surface area contributed by atoms with Gasteiger partial charge in [0.1, 0.15) is 24.4 Å². The standard InChI is InChI=1S/C24H21N5O4S/c1-14-4-9-19(33-3)18(10-14)26-20(30)11-29-24(31)28-13-25-21-17(12-34-22(21)23(28)27-29)15-5-7-16(32-2)8-6-15/h4-10,12-13H,11H2,1-3H3,(H,26,30). The average molecular weight is 476 g/mol. The second-order valence-electron chi connectivity index (χ2n) is 7.69. The van der Waals surface area contributed by atoms with Crippen LogP contribution in [0.5, 0.6) is 11.5 Å². The lowest BCUT2D eigenvalue weighted by Gasteiger charge is -2.10. The molecule has 3 aromatic heterocycles. The van der Waals surface area contributed by atoms with Gasteiger partial charge in [0.25, 0.3) is 0 Å². The molecule has 0 saturated heterocycles. The molecule has 1 amide bonds. The topological polar surface area (TPSA) is 99.8 Å². The fourth-order valence-corrected chi connectivity index (χ4v) is 4.76. The summed E-state index contributed by atoms with van der Waals surface area (Å²) >= 11 is 1.45. The van der Waals surface area contributed by atoms with Crippen LogP contribution in [0.1, 0.15) is 5.56 Å². The van der Waals surface area contributed by atoms with Crippen LogP contribution in [0.3, 0.4) is 0 Å². The van der Waals surface area contributed by atoms with E-state index in [0.29, 0.717) is 17.1 Å². The summed E-state index contributed by atoms with van der Waals surface area (Å²) in [6, 6.07) is 13.2. The first-order valence-corrected chi connectivity index (χ1v) is 11.3. The van der Waals surface area contributed by atoms with Gasteiger partial charge in [0.05, 0.1) is 30.1 Å². The van der Waals surface area contributed by atoms with Gasteiger partial charge in [-0.3, -0.25) is 4.79 Å². The first-order valence-electron chi connectivity index (χ1n) is 10.4. The predicted molar refractivity (Wildman–Crippen MR) is 131 cm³/mol. The van der Waals surface area contributed by atoms with Crippen molar-refractivity contribution in [2.24, 2.45) is 0 Å². The number of carbonyl (C=O) groups excluding carboxylic acids is 1. The number of rotatable bonds is 6. The van der Waals surface area contributed by atoms with Crippen molar-refractivity contribution in [3.63, 3.8) is 0 Å². The highest BCUT2D eigenvalue weighted by atomic mass is 32.1. The van der Waals surface area contributed by atoms with E-state index in [4.69, 9.17) is 9.47 Å². The Kier molecular flexibility index (Phi) is 5.50. The van der Waals surface area contributed by atoms with Crippen molar-refractivity contribution in [3.05, 3.63) is 70.2 Å². The van der Waals surface area contributed by atoms with E-state index in [9.17, 15) is 9.59 Å². The molecule has 10 heteroatoms. The number of amides is 1. The Labute approximate surface area is 198 Å². The zero-order chi connectivity index (χ0) is 23.8. The molecule has 34 heavy (non-hydrogen) atoms. The van der Waals surface area contributed by atoms with Crippen molar-refractivity contribution in [2.75, 3.05) is 19.5 Å². The molecule has 172 valence electrons. The van der Waals surface area contributed by atoms with Crippen LogP contribution in [0.15, 0.2) is 59.0 Å². The zero-order valence-corrected chi connectivity index (χ0v) is 19.5. The van der Waals surface area contributed by atoms with Crippen LogP contribution in [-0.4, -0.2) is 39.3 Å². The highest BCUT2D eigenvalue weighted by Crippen LogP contribution is 2.34. The highest BCUT2D eigenvalue weighted by Gasteiger charge is 2.18. The van der Waals surface area contributed by atoms with E-state index >= 15 is 0 Å². The maximum Gasteiger partial charge on any atom is 0.352 e. The van der Waals surface area contributed by atoms with Crippen molar-refractivity contribution in [1.29, 1.82) is 0 Å². The van der Waals surface area contributed by atoms with E-state index in [1.165, 1.54) is 29.2 Å². The third-order valence-electron chi connectivity index (χ3n) is 5.46. The SMILES string of the molecule is COc1ccc(-c2csc3c2ncn2c(=O)n(CC(=O)Nc4cc(C)ccc4OC)nc32)cc1. The zero-order valence-electron chi connectivity index (χ0n) is 18.7. The van der Waals surface area contributed by atoms with E-state index in [1.54, 1.807) is 13.2 Å². The van der Waals surface area contributed by atoms with Gasteiger partial charge in [0.2, 0.25) is 5.91 Å². The van der Waals surface area contributed by atoms with Crippen LogP contribution in [0, 0.1) is 6.92 Å². The van der Waals surface area contributed by atoms with Crippen LogP contribution >= 0.6 is 11.3 Å². The number of aryl methyl sites for hydroxylation is 1. The molecule has 0 unspecified atom stereocenters. The molecule has 0 saturated carbocycles. The van der Waals surface area contributed by atoms with E-state index in [-0.39, 0.29) is 12.5 Å². The van der Waals surface area contributed by atoms with Gasteiger partial charge in [-0.05, 0) is 42.3 Å². The summed E-state index contributed by atoms with van der Waals surface area (Å²) in [5.74, 6) is 0.922. The van der Waals surface area contributed by atoms with E-state index in [1.807, 2.05) is 48.7 Å².